The molecule has 0 radical (unpaired) electrons. The molecule has 1 nitrogen and oxygen atoms in total. The average molecular weight is 341 g/mol. The molecule has 0 aliphatic rings. The molecule has 0 amide bonds. The van der Waals surface area contributed by atoms with Crippen molar-refractivity contribution in [3.05, 3.63) is 27.3 Å². The molecule has 0 heterocycles. The molecule has 1 rings (SSSR count). The molecule has 0 bridgehead atoms. The van der Waals surface area contributed by atoms with Crippen LogP contribution in [0.1, 0.15) is 17.9 Å². The second-order valence-corrected chi connectivity index (χ2v) is 5.28. The van der Waals surface area contributed by atoms with Crippen LogP contribution in [0.15, 0.2) is 23.1 Å². The van der Waals surface area contributed by atoms with E-state index in [1.54, 1.807) is 11.8 Å². The Balaban J connectivity index is 3.23. The fraction of sp³-hybridized carbons (Fsp3) is 0.300. The van der Waals surface area contributed by atoms with E-state index >= 15 is 0 Å². The van der Waals surface area contributed by atoms with E-state index in [1.807, 2.05) is 24.5 Å². The summed E-state index contributed by atoms with van der Waals surface area (Å²) >= 11 is 9.88. The van der Waals surface area contributed by atoms with E-state index in [1.165, 1.54) is 6.92 Å². The highest BCUT2D eigenvalue weighted by molar-refractivity contribution is 14.1. The summed E-state index contributed by atoms with van der Waals surface area (Å²) in [5.74, 6) is -0.00826. The van der Waals surface area contributed by atoms with Crippen molar-refractivity contribution in [2.45, 2.75) is 17.2 Å². The molecule has 0 saturated carbocycles. The summed E-state index contributed by atoms with van der Waals surface area (Å²) in [5, 5.41) is -0.523. The molecule has 76 valence electrons. The van der Waals surface area contributed by atoms with Gasteiger partial charge in [0.1, 0.15) is 5.38 Å². The van der Waals surface area contributed by atoms with Crippen LogP contribution in [0.25, 0.3) is 0 Å². The molecule has 0 spiro atoms. The zero-order valence-corrected chi connectivity index (χ0v) is 11.6. The zero-order chi connectivity index (χ0) is 10.7. The van der Waals surface area contributed by atoms with Crippen LogP contribution in [-0.2, 0) is 4.79 Å². The summed E-state index contributed by atoms with van der Waals surface area (Å²) in [5.41, 5.74) is 0.940. The maximum Gasteiger partial charge on any atom is 0.152 e. The van der Waals surface area contributed by atoms with Crippen LogP contribution >= 0.6 is 46.0 Å². The number of Topliss-reactive ketones (excluding diaryl/α,β-unsaturated/α-hetero) is 1. The lowest BCUT2D eigenvalue weighted by Crippen LogP contribution is -2.05. The van der Waals surface area contributed by atoms with Crippen molar-refractivity contribution < 1.29 is 4.79 Å². The molecule has 14 heavy (non-hydrogen) atoms. The Morgan fingerprint density at radius 3 is 2.71 bits per heavy atom. The summed E-state index contributed by atoms with van der Waals surface area (Å²) in [4.78, 5) is 12.3. The second-order valence-electron chi connectivity index (χ2n) is 2.83. The SMILES string of the molecule is CSc1cccc(I)c1C(Cl)C(C)=O. The number of hydrogen-bond donors (Lipinski definition) is 0. The normalized spacial score (nSPS) is 12.6. The van der Waals surface area contributed by atoms with Gasteiger partial charge in [-0.1, -0.05) is 6.07 Å². The Morgan fingerprint density at radius 2 is 2.21 bits per heavy atom. The minimum atomic E-state index is -0.523. The van der Waals surface area contributed by atoms with Crippen molar-refractivity contribution in [2.24, 2.45) is 0 Å². The predicted molar refractivity (Wildman–Crippen MR) is 70.2 cm³/mol. The third kappa shape index (κ3) is 2.64. The highest BCUT2D eigenvalue weighted by Gasteiger charge is 2.19. The molecule has 0 fully saturated rings. The Labute approximate surface area is 107 Å². The van der Waals surface area contributed by atoms with Gasteiger partial charge in [0.25, 0.3) is 0 Å². The van der Waals surface area contributed by atoms with Crippen LogP contribution in [-0.4, -0.2) is 12.0 Å². The molecule has 0 saturated heterocycles. The third-order valence-corrected chi connectivity index (χ3v) is 4.11. The molecule has 1 atom stereocenters. The lowest BCUT2D eigenvalue weighted by molar-refractivity contribution is -0.116. The van der Waals surface area contributed by atoms with E-state index in [0.717, 1.165) is 14.0 Å². The van der Waals surface area contributed by atoms with Gasteiger partial charge in [0.2, 0.25) is 0 Å². The van der Waals surface area contributed by atoms with Gasteiger partial charge in [-0.2, -0.15) is 0 Å². The Hall–Kier alpha value is 0.260. The molecule has 0 aliphatic heterocycles. The van der Waals surface area contributed by atoms with Gasteiger partial charge in [-0.15, -0.1) is 23.4 Å². The maximum atomic E-state index is 11.2. The highest BCUT2D eigenvalue weighted by Crippen LogP contribution is 2.34. The van der Waals surface area contributed by atoms with Gasteiger partial charge >= 0.3 is 0 Å². The standard InChI is InChI=1S/C10H10ClIOS/c1-6(13)10(11)9-7(12)4-3-5-8(9)14-2/h3-5,10H,1-2H3. The van der Waals surface area contributed by atoms with Crippen molar-refractivity contribution >= 4 is 51.7 Å². The first-order valence-electron chi connectivity index (χ1n) is 4.05. The topological polar surface area (TPSA) is 17.1 Å². The summed E-state index contributed by atoms with van der Waals surface area (Å²) in [6, 6.07) is 5.93. The number of carbonyl (C=O) groups excluding carboxylic acids is 1. The van der Waals surface area contributed by atoms with E-state index in [-0.39, 0.29) is 5.78 Å². The van der Waals surface area contributed by atoms with Crippen LogP contribution in [0.2, 0.25) is 0 Å². The molecule has 0 aromatic heterocycles. The number of benzene rings is 1. The van der Waals surface area contributed by atoms with Gasteiger partial charge in [0, 0.05) is 14.0 Å². The smallest absolute Gasteiger partial charge is 0.152 e. The summed E-state index contributed by atoms with van der Waals surface area (Å²) in [6.07, 6.45) is 1.98. The number of hydrogen-bond acceptors (Lipinski definition) is 2. The zero-order valence-electron chi connectivity index (χ0n) is 7.88. The molecule has 0 N–H and O–H groups in total. The number of halogens is 2. The minimum Gasteiger partial charge on any atom is -0.298 e. The minimum absolute atomic E-state index is 0.00826. The van der Waals surface area contributed by atoms with Gasteiger partial charge in [-0.3, -0.25) is 4.79 Å². The van der Waals surface area contributed by atoms with E-state index in [0.29, 0.717) is 0 Å². The largest absolute Gasteiger partial charge is 0.298 e. The van der Waals surface area contributed by atoms with Crippen molar-refractivity contribution in [2.75, 3.05) is 6.26 Å². The first kappa shape index (κ1) is 12.3. The molecule has 1 unspecified atom stereocenters. The average Bonchev–Trinajstić information content (AvgIpc) is 2.16. The van der Waals surface area contributed by atoms with Gasteiger partial charge in [-0.25, -0.2) is 0 Å². The van der Waals surface area contributed by atoms with Crippen LogP contribution in [0.4, 0.5) is 0 Å². The van der Waals surface area contributed by atoms with E-state index in [4.69, 9.17) is 11.6 Å². The van der Waals surface area contributed by atoms with Crippen molar-refractivity contribution in [3.63, 3.8) is 0 Å². The van der Waals surface area contributed by atoms with Crippen molar-refractivity contribution in [1.82, 2.24) is 0 Å². The van der Waals surface area contributed by atoms with Crippen LogP contribution < -0.4 is 0 Å². The Morgan fingerprint density at radius 1 is 1.57 bits per heavy atom. The van der Waals surface area contributed by atoms with Gasteiger partial charge in [0.15, 0.2) is 5.78 Å². The number of rotatable bonds is 3. The van der Waals surface area contributed by atoms with Crippen molar-refractivity contribution in [1.29, 1.82) is 0 Å². The first-order valence-corrected chi connectivity index (χ1v) is 6.78. The van der Waals surface area contributed by atoms with Gasteiger partial charge in [-0.05, 0) is 47.9 Å². The third-order valence-electron chi connectivity index (χ3n) is 1.84. The number of alkyl halides is 1. The molecular weight excluding hydrogens is 331 g/mol. The quantitative estimate of drug-likeness (QED) is 0.472. The van der Waals surface area contributed by atoms with Crippen LogP contribution in [0, 0.1) is 3.57 Å². The molecule has 4 heteroatoms. The summed E-state index contributed by atoms with van der Waals surface area (Å²) in [6.45, 7) is 1.52. The molecule has 0 aliphatic carbocycles. The van der Waals surface area contributed by atoms with Crippen LogP contribution in [0.5, 0.6) is 0 Å². The summed E-state index contributed by atoms with van der Waals surface area (Å²) < 4.78 is 1.05. The fourth-order valence-corrected chi connectivity index (χ4v) is 3.28. The highest BCUT2D eigenvalue weighted by atomic mass is 127. The fourth-order valence-electron chi connectivity index (χ4n) is 1.14. The maximum absolute atomic E-state index is 11.2. The number of thioether (sulfide) groups is 1. The molecule has 1 aromatic carbocycles. The lowest BCUT2D eigenvalue weighted by atomic mass is 10.1. The Kier molecular flexibility index (Phi) is 4.73. The lowest BCUT2D eigenvalue weighted by Gasteiger charge is -2.12. The number of carbonyl (C=O) groups is 1. The van der Waals surface area contributed by atoms with Crippen LogP contribution in [0.3, 0.4) is 0 Å². The molecule has 1 aromatic rings. The monoisotopic (exact) mass is 340 g/mol. The van der Waals surface area contributed by atoms with E-state index in [2.05, 4.69) is 22.6 Å². The van der Waals surface area contributed by atoms with E-state index < -0.39 is 5.38 Å². The van der Waals surface area contributed by atoms with Crippen molar-refractivity contribution in [3.8, 4) is 0 Å². The Bertz CT molecular complexity index is 354. The summed E-state index contributed by atoms with van der Waals surface area (Å²) in [7, 11) is 0. The first-order chi connectivity index (χ1) is 6.57. The van der Waals surface area contributed by atoms with E-state index in [9.17, 15) is 4.79 Å². The predicted octanol–water partition coefficient (Wildman–Crippen LogP) is 3.88. The van der Waals surface area contributed by atoms with Gasteiger partial charge < -0.3 is 0 Å². The molecular formula is C10H10ClIOS. The number of ketones is 1. The van der Waals surface area contributed by atoms with Gasteiger partial charge in [0.05, 0.1) is 0 Å². The second kappa shape index (κ2) is 5.37.